The number of hydrogen-bond acceptors (Lipinski definition) is 6. The number of imide groups is 1. The number of nitrogens with zero attached hydrogens (tertiary/aromatic N) is 1. The Morgan fingerprint density at radius 1 is 1.35 bits per heavy atom. The lowest BCUT2D eigenvalue weighted by Gasteiger charge is -2.03. The monoisotopic (exact) mass is 353 g/mol. The number of esters is 1. The first-order chi connectivity index (χ1) is 11.0. The van der Waals surface area contributed by atoms with Crippen molar-refractivity contribution in [3.63, 3.8) is 0 Å². The van der Waals surface area contributed by atoms with E-state index in [1.165, 1.54) is 23.8 Å². The van der Waals surface area contributed by atoms with Crippen molar-refractivity contribution in [3.8, 4) is 10.6 Å². The Morgan fingerprint density at radius 3 is 2.83 bits per heavy atom. The molecule has 3 amide bonds. The molecule has 0 saturated heterocycles. The fourth-order valence-corrected chi connectivity index (χ4v) is 2.53. The molecule has 2 N–H and O–H groups in total. The zero-order valence-corrected chi connectivity index (χ0v) is 13.5. The molecule has 0 aliphatic heterocycles. The van der Waals surface area contributed by atoms with Crippen LogP contribution in [0.5, 0.6) is 0 Å². The Balaban J connectivity index is 1.96. The third-order valence-corrected chi connectivity index (χ3v) is 3.73. The molecular formula is C14H12ClN3O4S. The maximum absolute atomic E-state index is 11.8. The summed E-state index contributed by atoms with van der Waals surface area (Å²) < 4.78 is 4.80. The van der Waals surface area contributed by atoms with Crippen molar-refractivity contribution in [1.82, 2.24) is 15.6 Å². The van der Waals surface area contributed by atoms with Crippen molar-refractivity contribution in [1.29, 1.82) is 0 Å². The molecule has 0 bridgehead atoms. The van der Waals surface area contributed by atoms with Gasteiger partial charge in [0, 0.05) is 23.0 Å². The Labute approximate surface area is 140 Å². The van der Waals surface area contributed by atoms with Gasteiger partial charge < -0.3 is 10.1 Å². The Morgan fingerprint density at radius 2 is 2.13 bits per heavy atom. The molecule has 0 spiro atoms. The molecule has 0 atom stereocenters. The van der Waals surface area contributed by atoms with Crippen LogP contribution in [0.25, 0.3) is 10.6 Å². The van der Waals surface area contributed by atoms with Gasteiger partial charge in [-0.2, -0.15) is 0 Å². The average molecular weight is 354 g/mol. The van der Waals surface area contributed by atoms with Crippen LogP contribution in [0.1, 0.15) is 10.5 Å². The Kier molecular flexibility index (Phi) is 5.67. The van der Waals surface area contributed by atoms with Crippen molar-refractivity contribution < 1.29 is 19.1 Å². The van der Waals surface area contributed by atoms with Crippen molar-refractivity contribution in [2.45, 2.75) is 0 Å². The number of urea groups is 1. The summed E-state index contributed by atoms with van der Waals surface area (Å²) in [6.07, 6.45) is 0. The molecule has 0 unspecified atom stereocenters. The van der Waals surface area contributed by atoms with Gasteiger partial charge in [-0.1, -0.05) is 23.7 Å². The van der Waals surface area contributed by atoms with E-state index in [1.54, 1.807) is 18.2 Å². The highest BCUT2D eigenvalue weighted by molar-refractivity contribution is 7.13. The van der Waals surface area contributed by atoms with Gasteiger partial charge in [0.05, 0.1) is 0 Å². The normalized spacial score (nSPS) is 10.0. The second kappa shape index (κ2) is 7.70. The number of halogens is 1. The van der Waals surface area contributed by atoms with E-state index < -0.39 is 24.5 Å². The molecule has 2 rings (SSSR count). The van der Waals surface area contributed by atoms with Gasteiger partial charge in [0.25, 0.3) is 5.91 Å². The van der Waals surface area contributed by atoms with E-state index in [2.05, 4.69) is 10.3 Å². The third-order valence-electron chi connectivity index (χ3n) is 2.60. The van der Waals surface area contributed by atoms with Gasteiger partial charge in [0.15, 0.2) is 12.3 Å². The van der Waals surface area contributed by atoms with E-state index in [1.807, 2.05) is 11.4 Å². The minimum absolute atomic E-state index is 0.0812. The molecule has 120 valence electrons. The van der Waals surface area contributed by atoms with E-state index in [0.29, 0.717) is 10.0 Å². The van der Waals surface area contributed by atoms with E-state index >= 15 is 0 Å². The fraction of sp³-hybridized carbons (Fsp3) is 0.143. The van der Waals surface area contributed by atoms with Crippen molar-refractivity contribution in [2.75, 3.05) is 13.7 Å². The van der Waals surface area contributed by atoms with Gasteiger partial charge in [-0.3, -0.25) is 10.1 Å². The number of rotatable bonds is 4. The molecule has 0 fully saturated rings. The number of nitrogens with one attached hydrogen (secondary N) is 2. The number of amides is 3. The van der Waals surface area contributed by atoms with Gasteiger partial charge in [0.2, 0.25) is 0 Å². The van der Waals surface area contributed by atoms with Crippen LogP contribution in [-0.2, 0) is 9.53 Å². The minimum Gasteiger partial charge on any atom is -0.451 e. The highest BCUT2D eigenvalue weighted by Crippen LogP contribution is 2.26. The molecule has 1 heterocycles. The van der Waals surface area contributed by atoms with Gasteiger partial charge in [-0.05, 0) is 12.1 Å². The number of ether oxygens (including phenoxy) is 1. The lowest BCUT2D eigenvalue weighted by Crippen LogP contribution is -2.39. The van der Waals surface area contributed by atoms with E-state index in [0.717, 1.165) is 5.56 Å². The summed E-state index contributed by atoms with van der Waals surface area (Å²) in [6.45, 7) is -0.573. The number of aromatic nitrogens is 1. The molecule has 7 nitrogen and oxygen atoms in total. The Hall–Kier alpha value is -2.45. The number of thiazole rings is 1. The maximum Gasteiger partial charge on any atom is 0.358 e. The van der Waals surface area contributed by atoms with Crippen molar-refractivity contribution in [3.05, 3.63) is 40.4 Å². The first-order valence-electron chi connectivity index (χ1n) is 6.39. The smallest absolute Gasteiger partial charge is 0.358 e. The fourth-order valence-electron chi connectivity index (χ4n) is 1.55. The summed E-state index contributed by atoms with van der Waals surface area (Å²) in [5.41, 5.74) is 0.858. The number of benzene rings is 1. The topological polar surface area (TPSA) is 97.4 Å². The molecule has 1 aromatic heterocycles. The van der Waals surface area contributed by atoms with Crippen LogP contribution >= 0.6 is 22.9 Å². The first kappa shape index (κ1) is 16.9. The largest absolute Gasteiger partial charge is 0.451 e. The highest BCUT2D eigenvalue weighted by atomic mass is 35.5. The molecule has 23 heavy (non-hydrogen) atoms. The number of carbonyl (C=O) groups is 3. The summed E-state index contributed by atoms with van der Waals surface area (Å²) in [5.74, 6) is -1.48. The number of hydrogen-bond donors (Lipinski definition) is 2. The third kappa shape index (κ3) is 4.76. The van der Waals surface area contributed by atoms with Gasteiger partial charge in [0.1, 0.15) is 5.01 Å². The predicted octanol–water partition coefficient (Wildman–Crippen LogP) is 2.08. The summed E-state index contributed by atoms with van der Waals surface area (Å²) >= 11 is 7.16. The quantitative estimate of drug-likeness (QED) is 0.820. The lowest BCUT2D eigenvalue weighted by atomic mass is 10.2. The van der Waals surface area contributed by atoms with Crippen LogP contribution in [0.15, 0.2) is 29.6 Å². The molecule has 2 aromatic rings. The van der Waals surface area contributed by atoms with Crippen molar-refractivity contribution in [2.24, 2.45) is 0 Å². The number of carbonyl (C=O) groups excluding carboxylic acids is 3. The molecule has 9 heteroatoms. The standard InChI is InChI=1S/C14H12ClN3O4S/c1-16-14(21)18-11(19)6-22-13(20)10-7-23-12(17-10)8-3-2-4-9(15)5-8/h2-5,7H,6H2,1H3,(H2,16,18,19,21). The second-order valence-electron chi connectivity index (χ2n) is 4.25. The predicted molar refractivity (Wildman–Crippen MR) is 85.4 cm³/mol. The summed E-state index contributed by atoms with van der Waals surface area (Å²) in [5, 5.41) is 6.87. The minimum atomic E-state index is -0.749. The van der Waals surface area contributed by atoms with Crippen LogP contribution < -0.4 is 10.6 Å². The molecule has 1 aromatic carbocycles. The zero-order valence-electron chi connectivity index (χ0n) is 12.0. The van der Waals surface area contributed by atoms with E-state index in [9.17, 15) is 14.4 Å². The van der Waals surface area contributed by atoms with Crippen LogP contribution in [0.3, 0.4) is 0 Å². The zero-order chi connectivity index (χ0) is 16.8. The second-order valence-corrected chi connectivity index (χ2v) is 5.55. The van der Waals surface area contributed by atoms with E-state index in [-0.39, 0.29) is 5.69 Å². The molecule has 0 aliphatic rings. The van der Waals surface area contributed by atoms with Crippen LogP contribution in [0.2, 0.25) is 5.02 Å². The van der Waals surface area contributed by atoms with Crippen molar-refractivity contribution >= 4 is 40.8 Å². The SMILES string of the molecule is CNC(=O)NC(=O)COC(=O)c1csc(-c2cccc(Cl)c2)n1. The summed E-state index contributed by atoms with van der Waals surface area (Å²) in [7, 11) is 1.36. The molecular weight excluding hydrogens is 342 g/mol. The van der Waals surface area contributed by atoms with Crippen LogP contribution in [0, 0.1) is 0 Å². The van der Waals surface area contributed by atoms with Gasteiger partial charge in [-0.25, -0.2) is 14.6 Å². The summed E-state index contributed by atoms with van der Waals surface area (Å²) in [4.78, 5) is 38.2. The summed E-state index contributed by atoms with van der Waals surface area (Å²) in [6, 6.07) is 6.38. The van der Waals surface area contributed by atoms with Crippen LogP contribution in [0.4, 0.5) is 4.79 Å². The lowest BCUT2D eigenvalue weighted by molar-refractivity contribution is -0.123. The average Bonchev–Trinajstić information content (AvgIpc) is 3.02. The van der Waals surface area contributed by atoms with Crippen LogP contribution in [-0.4, -0.2) is 36.5 Å². The maximum atomic E-state index is 11.8. The highest BCUT2D eigenvalue weighted by Gasteiger charge is 2.15. The Bertz CT molecular complexity index is 747. The first-order valence-corrected chi connectivity index (χ1v) is 7.65. The molecule has 0 aliphatic carbocycles. The van der Waals surface area contributed by atoms with E-state index in [4.69, 9.17) is 16.3 Å². The van der Waals surface area contributed by atoms with Gasteiger partial charge in [-0.15, -0.1) is 11.3 Å². The van der Waals surface area contributed by atoms with Gasteiger partial charge >= 0.3 is 12.0 Å². The molecule has 0 radical (unpaired) electrons. The molecule has 0 saturated carbocycles.